The van der Waals surface area contributed by atoms with Crippen LogP contribution in [0.1, 0.15) is 24.1 Å². The van der Waals surface area contributed by atoms with Crippen LogP contribution >= 0.6 is 0 Å². The zero-order valence-electron chi connectivity index (χ0n) is 8.27. The average molecular weight is 187 g/mol. The van der Waals surface area contributed by atoms with E-state index >= 15 is 0 Å². The third kappa shape index (κ3) is 1.91. The highest BCUT2D eigenvalue weighted by molar-refractivity contribution is 5.30. The highest BCUT2D eigenvalue weighted by atomic mass is 15.1. The molecule has 0 atom stereocenters. The molecule has 0 saturated heterocycles. The lowest BCUT2D eigenvalue weighted by molar-refractivity contribution is 0.316. The van der Waals surface area contributed by atoms with E-state index in [-0.39, 0.29) is 0 Å². The van der Waals surface area contributed by atoms with E-state index in [2.05, 4.69) is 23.0 Å². The molecule has 14 heavy (non-hydrogen) atoms. The van der Waals surface area contributed by atoms with Crippen LogP contribution in [0, 0.1) is 11.3 Å². The van der Waals surface area contributed by atoms with Crippen molar-refractivity contribution < 1.29 is 0 Å². The average Bonchev–Trinajstić information content (AvgIpc) is 3.02. The van der Waals surface area contributed by atoms with Gasteiger partial charge in [-0.25, -0.2) is 4.98 Å². The summed E-state index contributed by atoms with van der Waals surface area (Å²) in [6.45, 7) is 0.835. The van der Waals surface area contributed by atoms with E-state index in [9.17, 15) is 0 Å². The molecule has 1 aliphatic carbocycles. The predicted molar refractivity (Wildman–Crippen MR) is 53.4 cm³/mol. The molecule has 72 valence electrons. The summed E-state index contributed by atoms with van der Waals surface area (Å²) in [5.41, 5.74) is 1.59. The molecule has 0 amide bonds. The van der Waals surface area contributed by atoms with E-state index in [0.717, 1.165) is 18.2 Å². The highest BCUT2D eigenvalue weighted by Crippen LogP contribution is 2.26. The summed E-state index contributed by atoms with van der Waals surface area (Å²) < 4.78 is 0. The van der Waals surface area contributed by atoms with Gasteiger partial charge >= 0.3 is 0 Å². The van der Waals surface area contributed by atoms with Gasteiger partial charge in [0.25, 0.3) is 0 Å². The Hall–Kier alpha value is -1.40. The molecule has 1 aromatic heterocycles. The summed E-state index contributed by atoms with van der Waals surface area (Å²) in [6.07, 6.45) is 4.25. The molecular formula is C11H13N3. The van der Waals surface area contributed by atoms with Gasteiger partial charge in [0.05, 0.1) is 0 Å². The van der Waals surface area contributed by atoms with Crippen LogP contribution in [0.4, 0.5) is 0 Å². The minimum atomic E-state index is 0.556. The first-order valence-corrected chi connectivity index (χ1v) is 4.85. The second-order valence-electron chi connectivity index (χ2n) is 3.77. The lowest BCUT2D eigenvalue weighted by Gasteiger charge is -2.15. The first-order valence-electron chi connectivity index (χ1n) is 4.85. The van der Waals surface area contributed by atoms with Gasteiger partial charge in [-0.3, -0.25) is 4.90 Å². The largest absolute Gasteiger partial charge is 0.299 e. The van der Waals surface area contributed by atoms with E-state index in [0.29, 0.717) is 5.69 Å². The molecule has 1 saturated carbocycles. The van der Waals surface area contributed by atoms with Crippen molar-refractivity contribution in [3.63, 3.8) is 0 Å². The zero-order chi connectivity index (χ0) is 9.97. The maximum Gasteiger partial charge on any atom is 0.144 e. The third-order valence-electron chi connectivity index (χ3n) is 2.59. The Balaban J connectivity index is 2.11. The van der Waals surface area contributed by atoms with Crippen molar-refractivity contribution in [3.8, 4) is 6.07 Å². The number of hydrogen-bond acceptors (Lipinski definition) is 3. The van der Waals surface area contributed by atoms with Gasteiger partial charge in [-0.15, -0.1) is 0 Å². The van der Waals surface area contributed by atoms with Crippen LogP contribution in [0.15, 0.2) is 18.3 Å². The quantitative estimate of drug-likeness (QED) is 0.720. The second-order valence-corrected chi connectivity index (χ2v) is 3.77. The molecule has 0 spiro atoms. The highest BCUT2D eigenvalue weighted by Gasteiger charge is 2.26. The van der Waals surface area contributed by atoms with Gasteiger partial charge in [-0.05, 0) is 26.0 Å². The summed E-state index contributed by atoms with van der Waals surface area (Å²) in [5, 5.41) is 8.85. The third-order valence-corrected chi connectivity index (χ3v) is 2.59. The molecular weight excluding hydrogens is 174 g/mol. The first-order chi connectivity index (χ1) is 6.81. The topological polar surface area (TPSA) is 39.9 Å². The van der Waals surface area contributed by atoms with Crippen molar-refractivity contribution >= 4 is 0 Å². The smallest absolute Gasteiger partial charge is 0.144 e. The summed E-state index contributed by atoms with van der Waals surface area (Å²) in [7, 11) is 2.10. The Morgan fingerprint density at radius 1 is 1.64 bits per heavy atom. The zero-order valence-corrected chi connectivity index (χ0v) is 8.27. The summed E-state index contributed by atoms with van der Waals surface area (Å²) in [6, 6.07) is 6.71. The summed E-state index contributed by atoms with van der Waals surface area (Å²) in [5.74, 6) is 0. The van der Waals surface area contributed by atoms with Crippen molar-refractivity contribution in [1.82, 2.24) is 9.88 Å². The number of nitrogens with zero attached hydrogens (tertiary/aromatic N) is 3. The molecule has 3 heteroatoms. The van der Waals surface area contributed by atoms with E-state index in [1.165, 1.54) is 12.8 Å². The van der Waals surface area contributed by atoms with E-state index in [4.69, 9.17) is 5.26 Å². The Labute approximate surface area is 84.0 Å². The summed E-state index contributed by atoms with van der Waals surface area (Å²) in [4.78, 5) is 6.33. The first kappa shape index (κ1) is 9.17. The maximum absolute atomic E-state index is 8.85. The standard InChI is InChI=1S/C11H13N3/c1-14(10-4-5-10)8-9-3-2-6-13-11(9)7-12/h2-3,6,10H,4-5,8H2,1H3. The van der Waals surface area contributed by atoms with Gasteiger partial charge in [0.1, 0.15) is 11.8 Å². The fourth-order valence-electron chi connectivity index (χ4n) is 1.58. The minimum Gasteiger partial charge on any atom is -0.299 e. The normalized spacial score (nSPS) is 15.5. The van der Waals surface area contributed by atoms with Crippen LogP contribution in [0.5, 0.6) is 0 Å². The SMILES string of the molecule is CN(Cc1cccnc1C#N)C1CC1. The number of hydrogen-bond donors (Lipinski definition) is 0. The van der Waals surface area contributed by atoms with Gasteiger partial charge in [0.2, 0.25) is 0 Å². The molecule has 0 N–H and O–H groups in total. The molecule has 0 bridgehead atoms. The molecule has 1 aromatic rings. The monoisotopic (exact) mass is 187 g/mol. The van der Waals surface area contributed by atoms with E-state index in [1.807, 2.05) is 12.1 Å². The Bertz CT molecular complexity index is 363. The van der Waals surface area contributed by atoms with Crippen molar-refractivity contribution in [1.29, 1.82) is 5.26 Å². The fraction of sp³-hybridized carbons (Fsp3) is 0.455. The molecule has 1 heterocycles. The Morgan fingerprint density at radius 3 is 3.07 bits per heavy atom. The number of rotatable bonds is 3. The second kappa shape index (κ2) is 3.77. The molecule has 2 rings (SSSR count). The molecule has 1 fully saturated rings. The van der Waals surface area contributed by atoms with Crippen molar-refractivity contribution in [3.05, 3.63) is 29.6 Å². The van der Waals surface area contributed by atoms with Crippen molar-refractivity contribution in [2.24, 2.45) is 0 Å². The molecule has 3 nitrogen and oxygen atoms in total. The van der Waals surface area contributed by atoms with Crippen LogP contribution in [-0.4, -0.2) is 23.0 Å². The molecule has 0 unspecified atom stereocenters. The van der Waals surface area contributed by atoms with Crippen LogP contribution in [-0.2, 0) is 6.54 Å². The number of aromatic nitrogens is 1. The van der Waals surface area contributed by atoms with Crippen LogP contribution in [0.25, 0.3) is 0 Å². The van der Waals surface area contributed by atoms with Gasteiger partial charge in [0.15, 0.2) is 0 Å². The van der Waals surface area contributed by atoms with Gasteiger partial charge in [0, 0.05) is 24.3 Å². The number of nitriles is 1. The lowest BCUT2D eigenvalue weighted by atomic mass is 10.2. The molecule has 0 aliphatic heterocycles. The fourth-order valence-corrected chi connectivity index (χ4v) is 1.58. The Morgan fingerprint density at radius 2 is 2.43 bits per heavy atom. The maximum atomic E-state index is 8.85. The Kier molecular flexibility index (Phi) is 2.47. The lowest BCUT2D eigenvalue weighted by Crippen LogP contribution is -2.20. The van der Waals surface area contributed by atoms with Crippen LogP contribution < -0.4 is 0 Å². The van der Waals surface area contributed by atoms with Crippen molar-refractivity contribution in [2.75, 3.05) is 7.05 Å². The van der Waals surface area contributed by atoms with Gasteiger partial charge in [-0.2, -0.15) is 5.26 Å². The van der Waals surface area contributed by atoms with Gasteiger partial charge in [-0.1, -0.05) is 6.07 Å². The van der Waals surface area contributed by atoms with E-state index < -0.39 is 0 Å². The van der Waals surface area contributed by atoms with Crippen LogP contribution in [0.3, 0.4) is 0 Å². The summed E-state index contributed by atoms with van der Waals surface area (Å²) >= 11 is 0. The van der Waals surface area contributed by atoms with E-state index in [1.54, 1.807) is 6.20 Å². The van der Waals surface area contributed by atoms with Crippen molar-refractivity contribution in [2.45, 2.75) is 25.4 Å². The minimum absolute atomic E-state index is 0.556. The van der Waals surface area contributed by atoms with Crippen LogP contribution in [0.2, 0.25) is 0 Å². The molecule has 0 aromatic carbocycles. The predicted octanol–water partition coefficient (Wildman–Crippen LogP) is 1.55. The molecule has 1 aliphatic rings. The van der Waals surface area contributed by atoms with Gasteiger partial charge < -0.3 is 0 Å². The molecule has 0 radical (unpaired) electrons. The number of pyridine rings is 1.